The van der Waals surface area contributed by atoms with Gasteiger partial charge in [0.2, 0.25) is 15.9 Å². The highest BCUT2D eigenvalue weighted by molar-refractivity contribution is 7.89. The van der Waals surface area contributed by atoms with E-state index in [1.54, 1.807) is 26.2 Å². The maximum Gasteiger partial charge on any atom is 0.243 e. The lowest BCUT2D eigenvalue weighted by Gasteiger charge is -2.40. The van der Waals surface area contributed by atoms with Gasteiger partial charge >= 0.3 is 0 Å². The van der Waals surface area contributed by atoms with Gasteiger partial charge in [-0.25, -0.2) is 8.42 Å². The van der Waals surface area contributed by atoms with Gasteiger partial charge in [0.15, 0.2) is 0 Å². The van der Waals surface area contributed by atoms with Crippen LogP contribution in [0.25, 0.3) is 0 Å². The summed E-state index contributed by atoms with van der Waals surface area (Å²) in [5, 5.41) is 0. The molecule has 0 bridgehead atoms. The summed E-state index contributed by atoms with van der Waals surface area (Å²) in [5.74, 6) is 0.605. The smallest absolute Gasteiger partial charge is 0.243 e. The lowest BCUT2D eigenvalue weighted by Crippen LogP contribution is -2.59. The van der Waals surface area contributed by atoms with E-state index in [4.69, 9.17) is 4.74 Å². The predicted molar refractivity (Wildman–Crippen MR) is 90.6 cm³/mol. The van der Waals surface area contributed by atoms with E-state index in [2.05, 4.69) is 0 Å². The molecule has 2 atom stereocenters. The molecule has 0 saturated carbocycles. The summed E-state index contributed by atoms with van der Waals surface area (Å²) in [5.41, 5.74) is 1.55. The summed E-state index contributed by atoms with van der Waals surface area (Å²) in [7, 11) is -2.15. The number of amides is 1. The molecule has 3 rings (SSSR count). The van der Waals surface area contributed by atoms with Crippen LogP contribution in [0.15, 0.2) is 17.0 Å². The molecule has 0 radical (unpaired) electrons. The standard InChI is InChI=1S/C17H24N2O4S/c1-11-8-15(9-12(2)16(11)23-4)24(21,22)19-10-14-6-5-7-18(14)17(20)13(19)3/h8-9,13-14H,5-7,10H2,1-4H3/t13-,14-/m1/s1. The Hall–Kier alpha value is -1.60. The monoisotopic (exact) mass is 352 g/mol. The van der Waals surface area contributed by atoms with Crippen LogP contribution in [-0.4, -0.2) is 55.8 Å². The van der Waals surface area contributed by atoms with Gasteiger partial charge in [-0.3, -0.25) is 4.79 Å². The number of rotatable bonds is 3. The molecule has 132 valence electrons. The summed E-state index contributed by atoms with van der Waals surface area (Å²) < 4.78 is 33.0. The van der Waals surface area contributed by atoms with E-state index < -0.39 is 16.1 Å². The van der Waals surface area contributed by atoms with Crippen LogP contribution in [0, 0.1) is 13.8 Å². The molecule has 2 aliphatic heterocycles. The molecule has 2 fully saturated rings. The Kier molecular flexibility index (Phi) is 4.34. The summed E-state index contributed by atoms with van der Waals surface area (Å²) in [6, 6.07) is 2.59. The fraction of sp³-hybridized carbons (Fsp3) is 0.588. The number of fused-ring (bicyclic) bond motifs is 1. The van der Waals surface area contributed by atoms with E-state index in [-0.39, 0.29) is 16.8 Å². The van der Waals surface area contributed by atoms with Gasteiger partial charge in [0.05, 0.1) is 12.0 Å². The van der Waals surface area contributed by atoms with Gasteiger partial charge in [-0.15, -0.1) is 0 Å². The number of aryl methyl sites for hydroxylation is 2. The van der Waals surface area contributed by atoms with E-state index in [0.29, 0.717) is 12.3 Å². The number of methoxy groups -OCH3 is 1. The summed E-state index contributed by atoms with van der Waals surface area (Å²) in [6.07, 6.45) is 1.81. The van der Waals surface area contributed by atoms with Crippen LogP contribution < -0.4 is 4.74 Å². The average Bonchev–Trinajstić information content (AvgIpc) is 2.99. The Bertz CT molecular complexity index is 752. The molecule has 7 heteroatoms. The predicted octanol–water partition coefficient (Wildman–Crippen LogP) is 1.70. The second-order valence-corrected chi connectivity index (χ2v) is 8.56. The van der Waals surface area contributed by atoms with E-state index in [9.17, 15) is 13.2 Å². The second-order valence-electron chi connectivity index (χ2n) is 6.67. The van der Waals surface area contributed by atoms with Crippen LogP contribution in [0.3, 0.4) is 0 Å². The van der Waals surface area contributed by atoms with Crippen molar-refractivity contribution in [2.24, 2.45) is 0 Å². The third-order valence-electron chi connectivity index (χ3n) is 5.08. The van der Waals surface area contributed by atoms with Crippen LogP contribution in [0.5, 0.6) is 5.75 Å². The number of nitrogens with zero attached hydrogens (tertiary/aromatic N) is 2. The van der Waals surface area contributed by atoms with Crippen molar-refractivity contribution in [3.05, 3.63) is 23.3 Å². The molecule has 0 unspecified atom stereocenters. The fourth-order valence-corrected chi connectivity index (χ4v) is 5.66. The van der Waals surface area contributed by atoms with Gasteiger partial charge in [-0.1, -0.05) is 0 Å². The molecule has 24 heavy (non-hydrogen) atoms. The van der Waals surface area contributed by atoms with Crippen LogP contribution in [0.2, 0.25) is 0 Å². The number of sulfonamides is 1. The number of carbonyl (C=O) groups is 1. The highest BCUT2D eigenvalue weighted by Crippen LogP contribution is 2.32. The van der Waals surface area contributed by atoms with Crippen molar-refractivity contribution in [3.63, 3.8) is 0 Å². The lowest BCUT2D eigenvalue weighted by atomic mass is 10.1. The maximum atomic E-state index is 13.2. The van der Waals surface area contributed by atoms with Crippen molar-refractivity contribution in [1.82, 2.24) is 9.21 Å². The minimum Gasteiger partial charge on any atom is -0.496 e. The first-order valence-corrected chi connectivity index (χ1v) is 9.69. The number of carbonyl (C=O) groups excluding carboxylic acids is 1. The molecule has 2 heterocycles. The van der Waals surface area contributed by atoms with Crippen molar-refractivity contribution in [3.8, 4) is 5.75 Å². The van der Waals surface area contributed by atoms with Gasteiger partial charge in [0.25, 0.3) is 0 Å². The van der Waals surface area contributed by atoms with E-state index in [1.807, 2.05) is 18.7 Å². The zero-order chi connectivity index (χ0) is 17.6. The summed E-state index contributed by atoms with van der Waals surface area (Å²) in [4.78, 5) is 14.6. The first kappa shape index (κ1) is 17.2. The number of hydrogen-bond acceptors (Lipinski definition) is 4. The summed E-state index contributed by atoms with van der Waals surface area (Å²) in [6.45, 7) is 6.45. The third-order valence-corrected chi connectivity index (χ3v) is 7.00. The molecule has 2 saturated heterocycles. The molecule has 0 N–H and O–H groups in total. The zero-order valence-corrected chi connectivity index (χ0v) is 15.4. The molecular weight excluding hydrogens is 328 g/mol. The molecule has 6 nitrogen and oxygen atoms in total. The topological polar surface area (TPSA) is 66.9 Å². The SMILES string of the molecule is COc1c(C)cc(S(=O)(=O)N2C[C@H]3CCCN3C(=O)[C@H]2C)cc1C. The lowest BCUT2D eigenvalue weighted by molar-refractivity contribution is -0.139. The maximum absolute atomic E-state index is 13.2. The van der Waals surface area contributed by atoms with Crippen molar-refractivity contribution in [2.45, 2.75) is 50.6 Å². The van der Waals surface area contributed by atoms with Gasteiger partial charge in [-0.05, 0) is 56.9 Å². The summed E-state index contributed by atoms with van der Waals surface area (Å²) >= 11 is 0. The number of benzene rings is 1. The van der Waals surface area contributed by atoms with E-state index >= 15 is 0 Å². The average molecular weight is 352 g/mol. The minimum atomic E-state index is -3.72. The molecule has 0 aliphatic carbocycles. The largest absolute Gasteiger partial charge is 0.496 e. The van der Waals surface area contributed by atoms with Crippen LogP contribution >= 0.6 is 0 Å². The van der Waals surface area contributed by atoms with Crippen LogP contribution in [0.1, 0.15) is 30.9 Å². The van der Waals surface area contributed by atoms with Crippen LogP contribution in [0.4, 0.5) is 0 Å². The highest BCUT2D eigenvalue weighted by Gasteiger charge is 2.45. The Balaban J connectivity index is 2.00. The Morgan fingerprint density at radius 1 is 1.21 bits per heavy atom. The molecule has 0 aromatic heterocycles. The van der Waals surface area contributed by atoms with Gasteiger partial charge in [0.1, 0.15) is 11.8 Å². The first-order valence-electron chi connectivity index (χ1n) is 8.25. The third kappa shape index (κ3) is 2.59. The number of ether oxygens (including phenoxy) is 1. The molecule has 1 aromatic carbocycles. The highest BCUT2D eigenvalue weighted by atomic mass is 32.2. The fourth-order valence-electron chi connectivity index (χ4n) is 3.87. The Morgan fingerprint density at radius 2 is 1.83 bits per heavy atom. The van der Waals surface area contributed by atoms with Crippen molar-refractivity contribution in [2.75, 3.05) is 20.2 Å². The van der Waals surface area contributed by atoms with Gasteiger partial charge in [-0.2, -0.15) is 4.31 Å². The Labute approximate surface area is 143 Å². The Morgan fingerprint density at radius 3 is 2.42 bits per heavy atom. The minimum absolute atomic E-state index is 0.00363. The normalized spacial score (nSPS) is 25.0. The number of hydrogen-bond donors (Lipinski definition) is 0. The molecule has 1 aromatic rings. The second kappa shape index (κ2) is 6.04. The van der Waals surface area contributed by atoms with Crippen LogP contribution in [-0.2, 0) is 14.8 Å². The van der Waals surface area contributed by atoms with Crippen molar-refractivity contribution < 1.29 is 17.9 Å². The van der Waals surface area contributed by atoms with E-state index in [0.717, 1.165) is 30.5 Å². The van der Waals surface area contributed by atoms with Crippen molar-refractivity contribution >= 4 is 15.9 Å². The zero-order valence-electron chi connectivity index (χ0n) is 14.6. The van der Waals surface area contributed by atoms with Gasteiger partial charge < -0.3 is 9.64 Å². The van der Waals surface area contributed by atoms with Gasteiger partial charge in [0, 0.05) is 19.1 Å². The molecule has 0 spiro atoms. The van der Waals surface area contributed by atoms with Crippen molar-refractivity contribution in [1.29, 1.82) is 0 Å². The molecular formula is C17H24N2O4S. The van der Waals surface area contributed by atoms with E-state index in [1.165, 1.54) is 4.31 Å². The quantitative estimate of drug-likeness (QED) is 0.830. The number of piperazine rings is 1. The molecule has 1 amide bonds. The first-order chi connectivity index (χ1) is 11.3. The molecule has 2 aliphatic rings.